The highest BCUT2D eigenvalue weighted by Gasteiger charge is 2.90. The fraction of sp³-hybridized carbons (Fsp3) is 0.611. The minimum Gasteiger partial charge on any atom is -0.468 e. The van der Waals surface area contributed by atoms with Crippen molar-refractivity contribution in [1.29, 1.82) is 5.26 Å². The molecule has 0 radical (unpaired) electrons. The van der Waals surface area contributed by atoms with Crippen LogP contribution in [0.1, 0.15) is 46.1 Å². The molecule has 0 unspecified atom stereocenters. The molecule has 17 heteroatoms. The number of fused-ring (bicyclic) bond motifs is 1. The Morgan fingerprint density at radius 2 is 1.64 bits per heavy atom. The van der Waals surface area contributed by atoms with E-state index in [1.165, 1.54) is 14.0 Å². The van der Waals surface area contributed by atoms with Crippen LogP contribution in [-0.4, -0.2) is 104 Å². The lowest BCUT2D eigenvalue weighted by atomic mass is 9.56. The third kappa shape index (κ3) is 5.25. The first kappa shape index (κ1) is 36.7. The number of methoxy groups -OCH3 is 1. The number of benzene rings is 1. The van der Waals surface area contributed by atoms with Gasteiger partial charge < -0.3 is 47.9 Å². The van der Waals surface area contributed by atoms with Gasteiger partial charge in [-0.1, -0.05) is 24.3 Å². The van der Waals surface area contributed by atoms with E-state index < -0.39 is 120 Å². The van der Waals surface area contributed by atoms with Crippen molar-refractivity contribution in [2.45, 2.75) is 107 Å². The van der Waals surface area contributed by atoms with Crippen LogP contribution in [0.5, 0.6) is 0 Å². The number of hydrogen-bond donors (Lipinski definition) is 2. The standard InChI is InChI=1S/C36H41N3O14/c1-7-21-23-12-26-36-34(13-20(14-37)38-26,22-10-8-9-11-24(22)39-36)53-33(35(23,36)32(44)45-6)52-30(21)51-31-29(49-19(5)43)28(48-18(4)42)27(47-17(3)41)25(50-31)15-46-16(2)40/h7-11,20-21,23,25-31,33,38-39H,1,12-13,15H2,2-6H3/t20-,21-,23+,25-,26+,27-,28+,29-,30-,31+,33+,34-,35-,36+/m1/s1. The van der Waals surface area contributed by atoms with Gasteiger partial charge in [-0.15, -0.1) is 6.58 Å². The van der Waals surface area contributed by atoms with Crippen molar-refractivity contribution in [3.05, 3.63) is 42.5 Å². The molecule has 7 rings (SSSR count). The first-order valence-electron chi connectivity index (χ1n) is 17.3. The summed E-state index contributed by atoms with van der Waals surface area (Å²) in [7, 11) is 1.29. The molecule has 0 bridgehead atoms. The van der Waals surface area contributed by atoms with Gasteiger partial charge >= 0.3 is 29.8 Å². The number of para-hydroxylation sites is 1. The van der Waals surface area contributed by atoms with E-state index in [4.69, 9.17) is 42.6 Å². The van der Waals surface area contributed by atoms with Crippen molar-refractivity contribution in [3.63, 3.8) is 0 Å². The maximum absolute atomic E-state index is 14.5. The number of anilines is 1. The van der Waals surface area contributed by atoms with Crippen LogP contribution in [0.3, 0.4) is 0 Å². The van der Waals surface area contributed by atoms with E-state index >= 15 is 0 Å². The highest BCUT2D eigenvalue weighted by Crippen LogP contribution is 2.76. The van der Waals surface area contributed by atoms with Crippen LogP contribution in [-0.2, 0) is 72.2 Å². The molecule has 2 N–H and O–H groups in total. The SMILES string of the molecule is C=C[C@H]1[C@H](O[C@@H]2O[C@H](COC(C)=O)[C@@H](OC(C)=O)[C@H](OC(C)=O)[C@H]2OC(C)=O)O[C@H]2O[C@@]34C[C@H](C#N)N[C@H]5C[C@@H]1[C@]2(C(=O)OC)[C@]53Nc1ccccc14. The minimum absolute atomic E-state index is 0.180. The molecule has 1 aromatic carbocycles. The summed E-state index contributed by atoms with van der Waals surface area (Å²) < 4.78 is 53.9. The Balaban J connectivity index is 1.31. The Hall–Kier alpha value is -4.60. The third-order valence-corrected chi connectivity index (χ3v) is 11.4. The van der Waals surface area contributed by atoms with E-state index in [-0.39, 0.29) is 6.42 Å². The van der Waals surface area contributed by atoms with E-state index in [2.05, 4.69) is 23.3 Å². The summed E-state index contributed by atoms with van der Waals surface area (Å²) in [6.45, 7) is 8.15. The van der Waals surface area contributed by atoms with Crippen molar-refractivity contribution >= 4 is 35.5 Å². The zero-order chi connectivity index (χ0) is 38.0. The Kier molecular flexibility index (Phi) is 9.26. The molecule has 1 aromatic rings. The fourth-order valence-corrected chi connectivity index (χ4v) is 9.85. The van der Waals surface area contributed by atoms with Gasteiger partial charge in [0.1, 0.15) is 29.3 Å². The van der Waals surface area contributed by atoms with Crippen LogP contribution in [0.2, 0.25) is 0 Å². The molecule has 5 aliphatic heterocycles. The Bertz CT molecular complexity index is 1770. The molecule has 1 aliphatic carbocycles. The number of piperidine rings is 1. The summed E-state index contributed by atoms with van der Waals surface area (Å²) >= 11 is 0. The van der Waals surface area contributed by atoms with Crippen molar-refractivity contribution < 1.29 is 66.6 Å². The van der Waals surface area contributed by atoms with Gasteiger partial charge in [0, 0.05) is 57.3 Å². The van der Waals surface area contributed by atoms with E-state index in [1.54, 1.807) is 6.08 Å². The molecular formula is C36H41N3O14. The summed E-state index contributed by atoms with van der Waals surface area (Å²) in [4.78, 5) is 63.4. The molecule has 5 fully saturated rings. The van der Waals surface area contributed by atoms with Crippen molar-refractivity contribution in [2.24, 2.45) is 17.3 Å². The average Bonchev–Trinajstić information content (AvgIpc) is 3.67. The molecule has 1 spiro atoms. The van der Waals surface area contributed by atoms with Gasteiger partial charge in [-0.2, -0.15) is 5.26 Å². The van der Waals surface area contributed by atoms with E-state index in [1.807, 2.05) is 24.3 Å². The number of hydrogen-bond acceptors (Lipinski definition) is 17. The first-order valence-corrected chi connectivity index (χ1v) is 17.3. The van der Waals surface area contributed by atoms with Crippen molar-refractivity contribution in [2.75, 3.05) is 19.0 Å². The lowest BCUT2D eigenvalue weighted by molar-refractivity contribution is -0.384. The molecule has 17 nitrogen and oxygen atoms in total. The summed E-state index contributed by atoms with van der Waals surface area (Å²) in [5.41, 5.74) is -2.37. The molecular weight excluding hydrogens is 698 g/mol. The Labute approximate surface area is 304 Å². The summed E-state index contributed by atoms with van der Waals surface area (Å²) in [5, 5.41) is 17.3. The molecule has 284 valence electrons. The van der Waals surface area contributed by atoms with Crippen LogP contribution in [0, 0.1) is 28.6 Å². The van der Waals surface area contributed by atoms with E-state index in [0.717, 1.165) is 32.0 Å². The van der Waals surface area contributed by atoms with Crippen LogP contribution in [0.4, 0.5) is 5.69 Å². The molecule has 53 heavy (non-hydrogen) atoms. The van der Waals surface area contributed by atoms with Crippen LogP contribution in [0.25, 0.3) is 0 Å². The normalized spacial score (nSPS) is 41.2. The number of carbonyl (C=O) groups excluding carboxylic acids is 5. The number of carbonyl (C=O) groups is 5. The number of nitrogens with zero attached hydrogens (tertiary/aromatic N) is 1. The van der Waals surface area contributed by atoms with Crippen LogP contribution < -0.4 is 10.6 Å². The van der Waals surface area contributed by atoms with Gasteiger partial charge in [0.25, 0.3) is 0 Å². The van der Waals surface area contributed by atoms with Crippen LogP contribution >= 0.6 is 0 Å². The highest BCUT2D eigenvalue weighted by atomic mass is 16.8. The lowest BCUT2D eigenvalue weighted by Crippen LogP contribution is -2.74. The van der Waals surface area contributed by atoms with Crippen LogP contribution in [0.15, 0.2) is 36.9 Å². The number of rotatable bonds is 9. The Morgan fingerprint density at radius 3 is 2.28 bits per heavy atom. The molecule has 1 saturated carbocycles. The summed E-state index contributed by atoms with van der Waals surface area (Å²) in [6, 6.07) is 8.75. The second kappa shape index (κ2) is 13.4. The second-order valence-electron chi connectivity index (χ2n) is 14.1. The van der Waals surface area contributed by atoms with Crippen molar-refractivity contribution in [1.82, 2.24) is 5.32 Å². The number of nitrogens with one attached hydrogen (secondary N) is 2. The molecule has 14 atom stereocenters. The van der Waals surface area contributed by atoms with E-state index in [0.29, 0.717) is 6.42 Å². The predicted octanol–water partition coefficient (Wildman–Crippen LogP) is 1.09. The largest absolute Gasteiger partial charge is 0.468 e. The van der Waals surface area contributed by atoms with E-state index in [9.17, 15) is 29.2 Å². The number of esters is 5. The second-order valence-corrected chi connectivity index (χ2v) is 14.1. The average molecular weight is 740 g/mol. The van der Waals surface area contributed by atoms with Gasteiger partial charge in [-0.05, 0) is 18.4 Å². The van der Waals surface area contributed by atoms with Gasteiger partial charge in [0.05, 0.1) is 19.2 Å². The first-order chi connectivity index (χ1) is 25.3. The zero-order valence-electron chi connectivity index (χ0n) is 29.7. The quantitative estimate of drug-likeness (QED) is 0.206. The molecule has 4 saturated heterocycles. The predicted molar refractivity (Wildman–Crippen MR) is 174 cm³/mol. The van der Waals surface area contributed by atoms with Gasteiger partial charge in [-0.3, -0.25) is 29.3 Å². The topological polar surface area (TPSA) is 216 Å². The number of ether oxygens (including phenoxy) is 9. The summed E-state index contributed by atoms with van der Waals surface area (Å²) in [6.07, 6.45) is -7.78. The molecule has 5 heterocycles. The number of nitriles is 1. The van der Waals surface area contributed by atoms with Gasteiger partial charge in [0.15, 0.2) is 30.9 Å². The highest BCUT2D eigenvalue weighted by molar-refractivity contribution is 5.86. The fourth-order valence-electron chi connectivity index (χ4n) is 9.85. The van der Waals surface area contributed by atoms with Crippen molar-refractivity contribution in [3.8, 4) is 6.07 Å². The van der Waals surface area contributed by atoms with Gasteiger partial charge in [0.2, 0.25) is 6.29 Å². The third-order valence-electron chi connectivity index (χ3n) is 11.4. The smallest absolute Gasteiger partial charge is 0.319 e. The maximum Gasteiger partial charge on any atom is 0.319 e. The maximum atomic E-state index is 14.5. The lowest BCUT2D eigenvalue weighted by Gasteiger charge is -2.53. The minimum atomic E-state index is -1.58. The summed E-state index contributed by atoms with van der Waals surface area (Å²) in [5.74, 6) is -5.08. The Morgan fingerprint density at radius 1 is 0.962 bits per heavy atom. The molecule has 6 aliphatic rings. The molecule has 0 aromatic heterocycles. The zero-order valence-corrected chi connectivity index (χ0v) is 29.7. The monoisotopic (exact) mass is 739 g/mol. The molecule has 0 amide bonds. The van der Waals surface area contributed by atoms with Gasteiger partial charge in [-0.25, -0.2) is 0 Å².